The Morgan fingerprint density at radius 3 is 3.00 bits per heavy atom. The number of hydrogen-bond acceptors (Lipinski definition) is 3. The second-order valence-electron chi connectivity index (χ2n) is 4.62. The molecule has 0 spiro atoms. The Balaban J connectivity index is 2.06. The first-order valence-electron chi connectivity index (χ1n) is 6.19. The molecular formula is C12H22N4. The molecule has 1 unspecified atom stereocenters. The largest absolute Gasteiger partial charge is 0.367 e. The van der Waals surface area contributed by atoms with Crippen LogP contribution in [0.25, 0.3) is 0 Å². The Morgan fingerprint density at radius 2 is 2.38 bits per heavy atom. The van der Waals surface area contributed by atoms with E-state index < -0.39 is 0 Å². The molecule has 1 aromatic rings. The zero-order valence-electron chi connectivity index (χ0n) is 10.5. The molecule has 0 aliphatic carbocycles. The molecular weight excluding hydrogens is 200 g/mol. The highest BCUT2D eigenvalue weighted by molar-refractivity contribution is 5.49. The summed E-state index contributed by atoms with van der Waals surface area (Å²) in [5.41, 5.74) is 2.43. The summed E-state index contributed by atoms with van der Waals surface area (Å²) in [6, 6.07) is 0.637. The zero-order chi connectivity index (χ0) is 11.5. The fourth-order valence-electron chi connectivity index (χ4n) is 2.55. The Morgan fingerprint density at radius 1 is 1.56 bits per heavy atom. The minimum Gasteiger partial charge on any atom is -0.367 e. The van der Waals surface area contributed by atoms with E-state index in [4.69, 9.17) is 0 Å². The Labute approximate surface area is 97.6 Å². The van der Waals surface area contributed by atoms with Crippen LogP contribution in [0.2, 0.25) is 0 Å². The molecule has 4 nitrogen and oxygen atoms in total. The Hall–Kier alpha value is -1.03. The number of hydrogen-bond donors (Lipinski definition) is 1. The molecule has 1 N–H and O–H groups in total. The molecule has 90 valence electrons. The lowest BCUT2D eigenvalue weighted by atomic mass is 10.1. The van der Waals surface area contributed by atoms with Gasteiger partial charge in [0.05, 0.1) is 11.4 Å². The van der Waals surface area contributed by atoms with Crippen molar-refractivity contribution in [1.82, 2.24) is 15.1 Å². The maximum absolute atomic E-state index is 4.41. The van der Waals surface area contributed by atoms with Crippen molar-refractivity contribution in [1.29, 1.82) is 0 Å². The molecule has 16 heavy (non-hydrogen) atoms. The smallest absolute Gasteiger partial charge is 0.0827 e. The maximum Gasteiger partial charge on any atom is 0.0827 e. The molecule has 1 atom stereocenters. The van der Waals surface area contributed by atoms with Gasteiger partial charge in [-0.05, 0) is 26.3 Å². The number of aromatic nitrogens is 2. The van der Waals surface area contributed by atoms with Gasteiger partial charge in [-0.15, -0.1) is 0 Å². The Bertz CT molecular complexity index is 343. The molecule has 2 rings (SSSR count). The molecule has 1 aliphatic rings. The third-order valence-electron chi connectivity index (χ3n) is 3.24. The third kappa shape index (κ3) is 2.38. The summed E-state index contributed by atoms with van der Waals surface area (Å²) >= 11 is 0. The van der Waals surface area contributed by atoms with Gasteiger partial charge in [-0.3, -0.25) is 4.68 Å². The summed E-state index contributed by atoms with van der Waals surface area (Å²) in [4.78, 5) is 2.46. The summed E-state index contributed by atoms with van der Waals surface area (Å²) in [6.45, 7) is 7.60. The summed E-state index contributed by atoms with van der Waals surface area (Å²) in [6.07, 6.45) is 4.69. The molecule has 0 aromatic carbocycles. The van der Waals surface area contributed by atoms with Gasteiger partial charge in [0.2, 0.25) is 0 Å². The van der Waals surface area contributed by atoms with Gasteiger partial charge in [0.25, 0.3) is 0 Å². The molecule has 1 aromatic heterocycles. The number of piperidine rings is 1. The molecule has 1 aliphatic heterocycles. The van der Waals surface area contributed by atoms with Crippen molar-refractivity contribution in [2.24, 2.45) is 7.05 Å². The van der Waals surface area contributed by atoms with Crippen LogP contribution in [0.4, 0.5) is 5.69 Å². The second kappa shape index (κ2) is 4.87. The van der Waals surface area contributed by atoms with Gasteiger partial charge in [0, 0.05) is 32.4 Å². The number of likely N-dealkylation sites (N-methyl/N-ethyl adjacent to an activating group) is 1. The highest BCUT2D eigenvalue weighted by atomic mass is 15.3. The van der Waals surface area contributed by atoms with E-state index in [1.165, 1.54) is 18.5 Å². The van der Waals surface area contributed by atoms with Crippen molar-refractivity contribution < 1.29 is 0 Å². The van der Waals surface area contributed by atoms with Crippen molar-refractivity contribution in [2.75, 3.05) is 24.5 Å². The van der Waals surface area contributed by atoms with E-state index in [1.807, 2.05) is 11.7 Å². The van der Waals surface area contributed by atoms with Gasteiger partial charge in [0.1, 0.15) is 0 Å². The maximum atomic E-state index is 4.41. The van der Waals surface area contributed by atoms with Crippen LogP contribution in [-0.2, 0) is 7.05 Å². The van der Waals surface area contributed by atoms with Crippen molar-refractivity contribution in [2.45, 2.75) is 32.7 Å². The molecule has 0 amide bonds. The SMILES string of the molecule is CCNC1CCCN(c2cn(C)nc2C)C1. The normalized spacial score (nSPS) is 21.4. The average molecular weight is 222 g/mol. The molecule has 2 heterocycles. The van der Waals surface area contributed by atoms with Gasteiger partial charge in [-0.2, -0.15) is 5.10 Å². The number of anilines is 1. The summed E-state index contributed by atoms with van der Waals surface area (Å²) in [5, 5.41) is 7.95. The monoisotopic (exact) mass is 222 g/mol. The first kappa shape index (κ1) is 11.5. The lowest BCUT2D eigenvalue weighted by molar-refractivity contribution is 0.431. The number of nitrogens with one attached hydrogen (secondary N) is 1. The standard InChI is InChI=1S/C12H22N4/c1-4-13-11-6-5-7-16(8-11)12-9-15(3)14-10(12)2/h9,11,13H,4-8H2,1-3H3. The van der Waals surface area contributed by atoms with Crippen molar-refractivity contribution >= 4 is 5.69 Å². The zero-order valence-corrected chi connectivity index (χ0v) is 10.5. The van der Waals surface area contributed by atoms with Gasteiger partial charge >= 0.3 is 0 Å². The minimum absolute atomic E-state index is 0.637. The van der Waals surface area contributed by atoms with Gasteiger partial charge in [-0.25, -0.2) is 0 Å². The van der Waals surface area contributed by atoms with Crippen LogP contribution in [-0.4, -0.2) is 35.5 Å². The van der Waals surface area contributed by atoms with E-state index in [0.717, 1.165) is 25.3 Å². The fourth-order valence-corrected chi connectivity index (χ4v) is 2.55. The van der Waals surface area contributed by atoms with Crippen molar-refractivity contribution in [3.8, 4) is 0 Å². The van der Waals surface area contributed by atoms with E-state index >= 15 is 0 Å². The third-order valence-corrected chi connectivity index (χ3v) is 3.24. The van der Waals surface area contributed by atoms with Gasteiger partial charge < -0.3 is 10.2 Å². The Kier molecular flexibility index (Phi) is 3.49. The average Bonchev–Trinajstić information content (AvgIpc) is 2.59. The van der Waals surface area contributed by atoms with Gasteiger partial charge in [0.15, 0.2) is 0 Å². The minimum atomic E-state index is 0.637. The summed E-state index contributed by atoms with van der Waals surface area (Å²) in [7, 11) is 1.99. The molecule has 0 radical (unpaired) electrons. The summed E-state index contributed by atoms with van der Waals surface area (Å²) < 4.78 is 1.90. The molecule has 4 heteroatoms. The quantitative estimate of drug-likeness (QED) is 0.837. The van der Waals surface area contributed by atoms with Crippen molar-refractivity contribution in [3.63, 3.8) is 0 Å². The van der Waals surface area contributed by atoms with Crippen LogP contribution in [0.1, 0.15) is 25.5 Å². The van der Waals surface area contributed by atoms with Crippen LogP contribution in [0.15, 0.2) is 6.20 Å². The highest BCUT2D eigenvalue weighted by Gasteiger charge is 2.21. The molecule has 1 saturated heterocycles. The van der Waals surface area contributed by atoms with E-state index in [1.54, 1.807) is 0 Å². The van der Waals surface area contributed by atoms with Crippen molar-refractivity contribution in [3.05, 3.63) is 11.9 Å². The van der Waals surface area contributed by atoms with E-state index in [0.29, 0.717) is 6.04 Å². The number of aryl methyl sites for hydroxylation is 2. The van der Waals surface area contributed by atoms with Crippen LogP contribution in [0, 0.1) is 6.92 Å². The lowest BCUT2D eigenvalue weighted by Gasteiger charge is -2.34. The predicted molar refractivity (Wildman–Crippen MR) is 66.9 cm³/mol. The van der Waals surface area contributed by atoms with E-state index in [9.17, 15) is 0 Å². The lowest BCUT2D eigenvalue weighted by Crippen LogP contribution is -2.45. The number of rotatable bonds is 3. The molecule has 0 saturated carbocycles. The first-order chi connectivity index (χ1) is 7.70. The van der Waals surface area contributed by atoms with E-state index in [-0.39, 0.29) is 0 Å². The van der Waals surface area contributed by atoms with Crippen LogP contribution in [0.3, 0.4) is 0 Å². The molecule has 1 fully saturated rings. The number of nitrogens with zero attached hydrogens (tertiary/aromatic N) is 3. The first-order valence-corrected chi connectivity index (χ1v) is 6.19. The second-order valence-corrected chi connectivity index (χ2v) is 4.62. The van der Waals surface area contributed by atoms with Crippen LogP contribution >= 0.6 is 0 Å². The van der Waals surface area contributed by atoms with E-state index in [2.05, 4.69) is 35.4 Å². The van der Waals surface area contributed by atoms with Crippen LogP contribution < -0.4 is 10.2 Å². The topological polar surface area (TPSA) is 33.1 Å². The predicted octanol–water partition coefficient (Wildman–Crippen LogP) is 1.31. The fraction of sp³-hybridized carbons (Fsp3) is 0.750. The van der Waals surface area contributed by atoms with Crippen LogP contribution in [0.5, 0.6) is 0 Å². The highest BCUT2D eigenvalue weighted by Crippen LogP contribution is 2.22. The summed E-state index contributed by atoms with van der Waals surface area (Å²) in [5.74, 6) is 0. The molecule has 0 bridgehead atoms. The van der Waals surface area contributed by atoms with Gasteiger partial charge in [-0.1, -0.05) is 6.92 Å².